The molecule has 2 aliphatic rings. The molecule has 2 atom stereocenters. The number of carbonyl (C=O) groups excluding carboxylic acids is 1. The van der Waals surface area contributed by atoms with Gasteiger partial charge in [-0.3, -0.25) is 4.79 Å². The van der Waals surface area contributed by atoms with E-state index >= 15 is 0 Å². The second kappa shape index (κ2) is 6.59. The Morgan fingerprint density at radius 1 is 1.23 bits per heavy atom. The lowest BCUT2D eigenvalue weighted by atomic mass is 9.78. The third-order valence-electron chi connectivity index (χ3n) is 5.46. The lowest BCUT2D eigenvalue weighted by molar-refractivity contribution is -0.125. The maximum Gasteiger partial charge on any atom is 0.223 e. The van der Waals surface area contributed by atoms with E-state index in [0.717, 1.165) is 43.7 Å². The van der Waals surface area contributed by atoms with Crippen LogP contribution in [0.1, 0.15) is 50.5 Å². The van der Waals surface area contributed by atoms with Crippen LogP contribution < -0.4 is 11.1 Å². The minimum atomic E-state index is 0.0843. The van der Waals surface area contributed by atoms with Gasteiger partial charge in [0.05, 0.1) is 0 Å². The van der Waals surface area contributed by atoms with E-state index in [-0.39, 0.29) is 23.3 Å². The van der Waals surface area contributed by atoms with Crippen molar-refractivity contribution in [2.45, 2.75) is 56.4 Å². The highest BCUT2D eigenvalue weighted by atomic mass is 35.5. The molecule has 3 rings (SSSR count). The van der Waals surface area contributed by atoms with Gasteiger partial charge in [0.2, 0.25) is 5.91 Å². The molecule has 0 spiro atoms. The smallest absolute Gasteiger partial charge is 0.223 e. The molecule has 120 valence electrons. The molecule has 4 heteroatoms. The van der Waals surface area contributed by atoms with Gasteiger partial charge in [0, 0.05) is 28.9 Å². The van der Waals surface area contributed by atoms with E-state index < -0.39 is 0 Å². The van der Waals surface area contributed by atoms with Gasteiger partial charge in [0.1, 0.15) is 0 Å². The molecule has 0 aliphatic heterocycles. The molecule has 0 heterocycles. The van der Waals surface area contributed by atoms with Crippen molar-refractivity contribution in [3.05, 3.63) is 34.9 Å². The molecular weight excluding hydrogens is 296 g/mol. The monoisotopic (exact) mass is 320 g/mol. The summed E-state index contributed by atoms with van der Waals surface area (Å²) in [6.45, 7) is 0.735. The predicted molar refractivity (Wildman–Crippen MR) is 89.9 cm³/mol. The number of rotatable bonds is 4. The first-order valence-corrected chi connectivity index (χ1v) is 8.76. The molecule has 1 aromatic carbocycles. The summed E-state index contributed by atoms with van der Waals surface area (Å²) < 4.78 is 0. The van der Waals surface area contributed by atoms with Crippen molar-refractivity contribution in [3.63, 3.8) is 0 Å². The summed E-state index contributed by atoms with van der Waals surface area (Å²) in [4.78, 5) is 12.4. The van der Waals surface area contributed by atoms with E-state index in [2.05, 4.69) is 17.4 Å². The molecular formula is C18H25ClN2O. The van der Waals surface area contributed by atoms with Gasteiger partial charge in [-0.15, -0.1) is 0 Å². The second-order valence-corrected chi connectivity index (χ2v) is 7.42. The topological polar surface area (TPSA) is 55.1 Å². The first kappa shape index (κ1) is 15.8. The van der Waals surface area contributed by atoms with Crippen LogP contribution in [0.25, 0.3) is 0 Å². The van der Waals surface area contributed by atoms with Gasteiger partial charge in [0.25, 0.3) is 0 Å². The molecule has 1 aromatic rings. The van der Waals surface area contributed by atoms with Crippen molar-refractivity contribution in [3.8, 4) is 0 Å². The van der Waals surface area contributed by atoms with Crippen molar-refractivity contribution >= 4 is 17.5 Å². The van der Waals surface area contributed by atoms with Gasteiger partial charge >= 0.3 is 0 Å². The van der Waals surface area contributed by atoms with E-state index in [1.165, 1.54) is 18.4 Å². The molecule has 0 radical (unpaired) electrons. The standard InChI is InChI=1S/C18H25ClN2O/c19-15-6-4-14(5-7-15)18(9-1-2-10-18)12-21-17(22)13-3-8-16(20)11-13/h4-7,13,16H,1-3,8-12,20H2,(H,21,22). The van der Waals surface area contributed by atoms with Crippen LogP contribution in [-0.4, -0.2) is 18.5 Å². The number of hydrogen-bond donors (Lipinski definition) is 2. The van der Waals surface area contributed by atoms with Crippen molar-refractivity contribution in [2.24, 2.45) is 11.7 Å². The van der Waals surface area contributed by atoms with Crippen molar-refractivity contribution in [1.82, 2.24) is 5.32 Å². The number of benzene rings is 1. The molecule has 2 aliphatic carbocycles. The van der Waals surface area contributed by atoms with Crippen molar-refractivity contribution < 1.29 is 4.79 Å². The summed E-state index contributed by atoms with van der Waals surface area (Å²) in [6.07, 6.45) is 7.47. The van der Waals surface area contributed by atoms with Crippen LogP contribution in [-0.2, 0) is 10.2 Å². The predicted octanol–water partition coefficient (Wildman–Crippen LogP) is 3.40. The Balaban J connectivity index is 1.67. The molecule has 1 amide bonds. The number of amides is 1. The molecule has 22 heavy (non-hydrogen) atoms. The number of carbonyl (C=O) groups is 1. The summed E-state index contributed by atoms with van der Waals surface area (Å²) >= 11 is 6.01. The van der Waals surface area contributed by atoms with Crippen molar-refractivity contribution in [2.75, 3.05) is 6.54 Å². The average Bonchev–Trinajstić information content (AvgIpc) is 3.15. The maximum absolute atomic E-state index is 12.4. The third-order valence-corrected chi connectivity index (χ3v) is 5.71. The first-order valence-electron chi connectivity index (χ1n) is 8.38. The summed E-state index contributed by atoms with van der Waals surface area (Å²) in [6, 6.07) is 8.34. The lowest BCUT2D eigenvalue weighted by Gasteiger charge is -2.30. The number of nitrogens with one attached hydrogen (secondary N) is 1. The van der Waals surface area contributed by atoms with E-state index in [9.17, 15) is 4.79 Å². The lowest BCUT2D eigenvalue weighted by Crippen LogP contribution is -2.41. The van der Waals surface area contributed by atoms with E-state index in [4.69, 9.17) is 17.3 Å². The van der Waals surface area contributed by atoms with Crippen LogP contribution >= 0.6 is 11.6 Å². The van der Waals surface area contributed by atoms with Crippen LogP contribution in [0.5, 0.6) is 0 Å². The maximum atomic E-state index is 12.4. The van der Waals surface area contributed by atoms with Gasteiger partial charge in [-0.1, -0.05) is 36.6 Å². The average molecular weight is 321 g/mol. The Hall–Kier alpha value is -1.06. The van der Waals surface area contributed by atoms with Crippen LogP contribution in [0.4, 0.5) is 0 Å². The Bertz CT molecular complexity index is 522. The zero-order valence-electron chi connectivity index (χ0n) is 13.0. The molecule has 0 saturated heterocycles. The number of halogens is 1. The van der Waals surface area contributed by atoms with Gasteiger partial charge in [-0.2, -0.15) is 0 Å². The van der Waals surface area contributed by atoms with Gasteiger partial charge in [-0.25, -0.2) is 0 Å². The molecule has 2 unspecified atom stereocenters. The van der Waals surface area contributed by atoms with Crippen molar-refractivity contribution in [1.29, 1.82) is 0 Å². The van der Waals surface area contributed by atoms with Gasteiger partial charge in [-0.05, 0) is 49.8 Å². The summed E-state index contributed by atoms with van der Waals surface area (Å²) in [5.74, 6) is 0.298. The van der Waals surface area contributed by atoms with E-state index in [0.29, 0.717) is 0 Å². The highest BCUT2D eigenvalue weighted by Gasteiger charge is 2.37. The van der Waals surface area contributed by atoms with Crippen LogP contribution in [0.2, 0.25) is 5.02 Å². The molecule has 3 N–H and O–H groups in total. The first-order chi connectivity index (χ1) is 10.6. The summed E-state index contributed by atoms with van der Waals surface area (Å²) in [5, 5.41) is 3.98. The number of nitrogens with two attached hydrogens (primary N) is 1. The zero-order valence-corrected chi connectivity index (χ0v) is 13.7. The van der Waals surface area contributed by atoms with Crippen LogP contribution in [0, 0.1) is 5.92 Å². The minimum absolute atomic E-state index is 0.0843. The van der Waals surface area contributed by atoms with Crippen LogP contribution in [0.15, 0.2) is 24.3 Å². The Labute approximate surface area is 137 Å². The third kappa shape index (κ3) is 3.31. The SMILES string of the molecule is NC1CCC(C(=O)NCC2(c3ccc(Cl)cc3)CCCC2)C1. The second-order valence-electron chi connectivity index (χ2n) is 6.98. The van der Waals surface area contributed by atoms with E-state index in [1.54, 1.807) is 0 Å². The minimum Gasteiger partial charge on any atom is -0.355 e. The van der Waals surface area contributed by atoms with E-state index in [1.807, 2.05) is 12.1 Å². The summed E-state index contributed by atoms with van der Waals surface area (Å²) in [7, 11) is 0. The molecule has 2 fully saturated rings. The normalized spacial score (nSPS) is 27.0. The fourth-order valence-corrected chi connectivity index (χ4v) is 4.20. The Kier molecular flexibility index (Phi) is 4.74. The molecule has 0 aromatic heterocycles. The molecule has 3 nitrogen and oxygen atoms in total. The van der Waals surface area contributed by atoms with Crippen LogP contribution in [0.3, 0.4) is 0 Å². The largest absolute Gasteiger partial charge is 0.355 e. The quantitative estimate of drug-likeness (QED) is 0.893. The van der Waals surface area contributed by atoms with Gasteiger partial charge in [0.15, 0.2) is 0 Å². The highest BCUT2D eigenvalue weighted by Crippen LogP contribution is 2.41. The fraction of sp³-hybridized carbons (Fsp3) is 0.611. The Morgan fingerprint density at radius 3 is 2.50 bits per heavy atom. The molecule has 2 saturated carbocycles. The fourth-order valence-electron chi connectivity index (χ4n) is 4.08. The number of hydrogen-bond acceptors (Lipinski definition) is 2. The van der Waals surface area contributed by atoms with Gasteiger partial charge < -0.3 is 11.1 Å². The Morgan fingerprint density at radius 2 is 1.91 bits per heavy atom. The highest BCUT2D eigenvalue weighted by molar-refractivity contribution is 6.30. The molecule has 0 bridgehead atoms. The summed E-state index contributed by atoms with van der Waals surface area (Å²) in [5.41, 5.74) is 7.31. The zero-order chi connectivity index (χ0) is 15.6.